The Labute approximate surface area is 93.5 Å². The van der Waals surface area contributed by atoms with Crippen LogP contribution in [0.4, 0.5) is 0 Å². The van der Waals surface area contributed by atoms with Gasteiger partial charge in [-0.1, -0.05) is 0 Å². The third-order valence-corrected chi connectivity index (χ3v) is 3.33. The van der Waals surface area contributed by atoms with Crippen LogP contribution >= 0.6 is 27.3 Å². The molecule has 0 bridgehead atoms. The van der Waals surface area contributed by atoms with Gasteiger partial charge in [-0.15, -0.1) is 11.3 Å². The molecule has 0 saturated heterocycles. The predicted octanol–water partition coefficient (Wildman–Crippen LogP) is 3.22. The normalized spacial score (nSPS) is 13.1. The van der Waals surface area contributed by atoms with E-state index in [1.807, 2.05) is 12.1 Å². The third kappa shape index (κ3) is 1.89. The molecule has 5 heteroatoms. The zero-order chi connectivity index (χ0) is 10.1. The Morgan fingerprint density at radius 1 is 1.57 bits per heavy atom. The van der Waals surface area contributed by atoms with Gasteiger partial charge in [-0.2, -0.15) is 0 Å². The summed E-state index contributed by atoms with van der Waals surface area (Å²) in [4.78, 5) is 5.03. The molecule has 14 heavy (non-hydrogen) atoms. The van der Waals surface area contributed by atoms with Crippen molar-refractivity contribution in [1.82, 2.24) is 4.98 Å². The minimum atomic E-state index is -0.611. The van der Waals surface area contributed by atoms with Crippen LogP contribution in [0, 0.1) is 0 Å². The number of halogens is 1. The molecule has 2 aromatic rings. The van der Waals surface area contributed by atoms with E-state index in [-0.39, 0.29) is 0 Å². The van der Waals surface area contributed by atoms with Crippen molar-refractivity contribution >= 4 is 27.3 Å². The van der Waals surface area contributed by atoms with E-state index in [1.54, 1.807) is 24.5 Å². The summed E-state index contributed by atoms with van der Waals surface area (Å²) in [7, 11) is 0. The minimum absolute atomic E-state index is 0.490. The molecule has 0 aliphatic heterocycles. The van der Waals surface area contributed by atoms with Gasteiger partial charge in [0.2, 0.25) is 5.89 Å². The lowest BCUT2D eigenvalue weighted by Gasteiger charge is -1.95. The highest BCUT2D eigenvalue weighted by Crippen LogP contribution is 2.31. The highest BCUT2D eigenvalue weighted by molar-refractivity contribution is 9.11. The Hall–Kier alpha value is -0.650. The predicted molar refractivity (Wildman–Crippen MR) is 58.1 cm³/mol. The lowest BCUT2D eigenvalue weighted by molar-refractivity contribution is 0.170. The molecule has 0 amide bonds. The zero-order valence-corrected chi connectivity index (χ0v) is 9.80. The average molecular weight is 274 g/mol. The van der Waals surface area contributed by atoms with Gasteiger partial charge in [0.05, 0.1) is 14.9 Å². The molecule has 0 aliphatic carbocycles. The first kappa shape index (κ1) is 9.89. The molecule has 2 rings (SSSR count). The summed E-state index contributed by atoms with van der Waals surface area (Å²) in [5.41, 5.74) is 0. The Kier molecular flexibility index (Phi) is 2.71. The van der Waals surface area contributed by atoms with E-state index in [2.05, 4.69) is 20.9 Å². The average Bonchev–Trinajstić information content (AvgIpc) is 2.70. The number of rotatable bonds is 2. The number of thiophene rings is 1. The molecule has 0 fully saturated rings. The van der Waals surface area contributed by atoms with Crippen LogP contribution in [0.3, 0.4) is 0 Å². The van der Waals surface area contributed by atoms with E-state index in [0.717, 1.165) is 8.66 Å². The Morgan fingerprint density at radius 2 is 2.36 bits per heavy atom. The summed E-state index contributed by atoms with van der Waals surface area (Å²) in [6.07, 6.45) is 0.938. The van der Waals surface area contributed by atoms with Gasteiger partial charge >= 0.3 is 0 Å². The van der Waals surface area contributed by atoms with Crippen LogP contribution in [0.2, 0.25) is 0 Å². The van der Waals surface area contributed by atoms with Crippen LogP contribution in [0.25, 0.3) is 10.8 Å². The summed E-state index contributed by atoms with van der Waals surface area (Å²) < 4.78 is 6.40. The molecular weight excluding hydrogens is 266 g/mol. The summed E-state index contributed by atoms with van der Waals surface area (Å²) in [5, 5.41) is 9.25. The van der Waals surface area contributed by atoms with Crippen molar-refractivity contribution in [2.75, 3.05) is 0 Å². The van der Waals surface area contributed by atoms with Crippen LogP contribution in [-0.4, -0.2) is 10.1 Å². The van der Waals surface area contributed by atoms with E-state index >= 15 is 0 Å². The van der Waals surface area contributed by atoms with Crippen molar-refractivity contribution in [1.29, 1.82) is 0 Å². The number of aromatic nitrogens is 1. The van der Waals surface area contributed by atoms with E-state index in [0.29, 0.717) is 11.7 Å². The molecule has 1 atom stereocenters. The maximum Gasteiger partial charge on any atom is 0.236 e. The molecule has 0 spiro atoms. The lowest BCUT2D eigenvalue weighted by atomic mass is 10.3. The first-order valence-electron chi connectivity index (χ1n) is 4.06. The second-order valence-electron chi connectivity index (χ2n) is 2.85. The molecular formula is C9H8BrNO2S. The molecule has 74 valence electrons. The van der Waals surface area contributed by atoms with E-state index < -0.39 is 6.10 Å². The van der Waals surface area contributed by atoms with Gasteiger partial charge in [0.25, 0.3) is 0 Å². The molecule has 0 aromatic carbocycles. The standard InChI is InChI=1S/C9H8BrNO2S/c1-5(12)6-4-11-9(13-6)7-2-3-8(10)14-7/h2-5,12H,1H3. The SMILES string of the molecule is CC(O)c1cnc(-c2ccc(Br)s2)o1. The second kappa shape index (κ2) is 3.84. The summed E-state index contributed by atoms with van der Waals surface area (Å²) in [5.74, 6) is 1.04. The van der Waals surface area contributed by atoms with Gasteiger partial charge in [0.1, 0.15) is 6.10 Å². The first-order valence-corrected chi connectivity index (χ1v) is 5.67. The Balaban J connectivity index is 2.33. The van der Waals surface area contributed by atoms with Crippen LogP contribution in [0.15, 0.2) is 26.5 Å². The van der Waals surface area contributed by atoms with Crippen molar-refractivity contribution < 1.29 is 9.52 Å². The molecule has 2 aromatic heterocycles. The molecule has 0 aliphatic rings. The summed E-state index contributed by atoms with van der Waals surface area (Å²) in [6, 6.07) is 3.86. The van der Waals surface area contributed by atoms with Crippen molar-refractivity contribution in [3.63, 3.8) is 0 Å². The quantitative estimate of drug-likeness (QED) is 0.914. The zero-order valence-electron chi connectivity index (χ0n) is 7.40. The fraction of sp³-hybridized carbons (Fsp3) is 0.222. The van der Waals surface area contributed by atoms with Gasteiger partial charge in [-0.25, -0.2) is 4.98 Å². The number of oxazole rings is 1. The van der Waals surface area contributed by atoms with Crippen LogP contribution in [0.5, 0.6) is 0 Å². The van der Waals surface area contributed by atoms with Crippen molar-refractivity contribution in [2.24, 2.45) is 0 Å². The molecule has 1 unspecified atom stereocenters. The van der Waals surface area contributed by atoms with Crippen molar-refractivity contribution in [3.8, 4) is 10.8 Å². The highest BCUT2D eigenvalue weighted by Gasteiger charge is 2.11. The van der Waals surface area contributed by atoms with Gasteiger partial charge in [0, 0.05) is 0 Å². The first-order chi connectivity index (χ1) is 6.66. The van der Waals surface area contributed by atoms with Crippen LogP contribution < -0.4 is 0 Å². The van der Waals surface area contributed by atoms with E-state index in [9.17, 15) is 5.11 Å². The third-order valence-electron chi connectivity index (χ3n) is 1.72. The molecule has 0 saturated carbocycles. The number of aliphatic hydroxyl groups is 1. The van der Waals surface area contributed by atoms with Gasteiger partial charge in [-0.3, -0.25) is 0 Å². The monoisotopic (exact) mass is 273 g/mol. The highest BCUT2D eigenvalue weighted by atomic mass is 79.9. The lowest BCUT2D eigenvalue weighted by Crippen LogP contribution is -1.85. The number of hydrogen-bond acceptors (Lipinski definition) is 4. The fourth-order valence-electron chi connectivity index (χ4n) is 1.02. The number of nitrogens with zero attached hydrogens (tertiary/aromatic N) is 1. The van der Waals surface area contributed by atoms with Gasteiger partial charge in [-0.05, 0) is 35.0 Å². The topological polar surface area (TPSA) is 46.3 Å². The number of aliphatic hydroxyl groups excluding tert-OH is 1. The molecule has 0 radical (unpaired) electrons. The minimum Gasteiger partial charge on any atom is -0.438 e. The maximum atomic E-state index is 9.25. The van der Waals surface area contributed by atoms with Crippen LogP contribution in [0.1, 0.15) is 18.8 Å². The van der Waals surface area contributed by atoms with Crippen molar-refractivity contribution in [3.05, 3.63) is 27.9 Å². The smallest absolute Gasteiger partial charge is 0.236 e. The summed E-state index contributed by atoms with van der Waals surface area (Å²) >= 11 is 4.91. The summed E-state index contributed by atoms with van der Waals surface area (Å²) in [6.45, 7) is 1.65. The van der Waals surface area contributed by atoms with Crippen molar-refractivity contribution in [2.45, 2.75) is 13.0 Å². The maximum absolute atomic E-state index is 9.25. The van der Waals surface area contributed by atoms with Crippen LogP contribution in [-0.2, 0) is 0 Å². The largest absolute Gasteiger partial charge is 0.438 e. The molecule has 2 heterocycles. The van der Waals surface area contributed by atoms with E-state index in [1.165, 1.54) is 0 Å². The Bertz CT molecular complexity index is 435. The van der Waals surface area contributed by atoms with Gasteiger partial charge in [0.15, 0.2) is 5.76 Å². The molecule has 1 N–H and O–H groups in total. The molecule has 3 nitrogen and oxygen atoms in total. The Morgan fingerprint density at radius 3 is 2.86 bits per heavy atom. The number of hydrogen-bond donors (Lipinski definition) is 1. The second-order valence-corrected chi connectivity index (χ2v) is 5.31. The van der Waals surface area contributed by atoms with Gasteiger partial charge < -0.3 is 9.52 Å². The van der Waals surface area contributed by atoms with E-state index in [4.69, 9.17) is 4.42 Å². The fourth-order valence-corrected chi connectivity index (χ4v) is 2.34.